The number of barbiturate groups is 1. The summed E-state index contributed by atoms with van der Waals surface area (Å²) in [4.78, 5) is 39.5. The Hall–Kier alpha value is -3.45. The van der Waals surface area contributed by atoms with Gasteiger partial charge in [0.25, 0.3) is 11.8 Å². The molecule has 1 fully saturated rings. The van der Waals surface area contributed by atoms with E-state index < -0.39 is 17.8 Å². The molecule has 1 saturated heterocycles. The highest BCUT2D eigenvalue weighted by molar-refractivity contribution is 9.10. The molecule has 34 heavy (non-hydrogen) atoms. The standard InChI is InChI=1S/C27H26BrN3O3/c1-5-16(2)19-6-10-23(11-7-19)31-26(33)24(25(32)29-27(31)34)15-20-14-17(3)30(18(20)4)22-12-8-21(28)9-13-22/h6-16H,5H2,1-4H3,(H,29,32,34)/b24-15-/t16-/m1/s1. The Labute approximate surface area is 207 Å². The maximum Gasteiger partial charge on any atom is 0.335 e. The molecular formula is C27H26BrN3O3. The Morgan fingerprint density at radius 1 is 0.971 bits per heavy atom. The van der Waals surface area contributed by atoms with Gasteiger partial charge < -0.3 is 4.57 Å². The van der Waals surface area contributed by atoms with Gasteiger partial charge in [0.2, 0.25) is 0 Å². The van der Waals surface area contributed by atoms with Gasteiger partial charge >= 0.3 is 6.03 Å². The second-order valence-corrected chi connectivity index (χ2v) is 9.41. The third-order valence-electron chi connectivity index (χ3n) is 6.29. The van der Waals surface area contributed by atoms with Crippen molar-refractivity contribution in [1.82, 2.24) is 9.88 Å². The highest BCUT2D eigenvalue weighted by atomic mass is 79.9. The van der Waals surface area contributed by atoms with Gasteiger partial charge in [-0.2, -0.15) is 0 Å². The summed E-state index contributed by atoms with van der Waals surface area (Å²) in [5.41, 5.74) is 5.03. The van der Waals surface area contributed by atoms with Crippen LogP contribution >= 0.6 is 15.9 Å². The first-order chi connectivity index (χ1) is 16.2. The molecule has 0 saturated carbocycles. The van der Waals surface area contributed by atoms with Crippen LogP contribution in [0, 0.1) is 13.8 Å². The molecule has 4 amide bonds. The average molecular weight is 520 g/mol. The van der Waals surface area contributed by atoms with Gasteiger partial charge in [-0.3, -0.25) is 14.9 Å². The second kappa shape index (κ2) is 9.43. The van der Waals surface area contributed by atoms with Gasteiger partial charge in [0.1, 0.15) is 5.57 Å². The van der Waals surface area contributed by atoms with E-state index in [2.05, 4.69) is 39.7 Å². The van der Waals surface area contributed by atoms with Crippen LogP contribution in [0.15, 0.2) is 64.6 Å². The number of amides is 4. The molecule has 2 aromatic carbocycles. The fourth-order valence-corrected chi connectivity index (χ4v) is 4.42. The fraction of sp³-hybridized carbons (Fsp3) is 0.222. The molecule has 0 spiro atoms. The van der Waals surface area contributed by atoms with Gasteiger partial charge in [-0.15, -0.1) is 0 Å². The fourth-order valence-electron chi connectivity index (χ4n) is 4.16. The van der Waals surface area contributed by atoms with Crippen LogP contribution in [0.25, 0.3) is 11.8 Å². The third-order valence-corrected chi connectivity index (χ3v) is 6.82. The molecule has 0 bridgehead atoms. The van der Waals surface area contributed by atoms with E-state index in [1.54, 1.807) is 18.2 Å². The van der Waals surface area contributed by atoms with Gasteiger partial charge in [-0.05, 0) is 85.9 Å². The van der Waals surface area contributed by atoms with Gasteiger partial charge in [0.15, 0.2) is 0 Å². The topological polar surface area (TPSA) is 71.4 Å². The number of hydrogen-bond acceptors (Lipinski definition) is 3. The van der Waals surface area contributed by atoms with E-state index in [0.717, 1.165) is 44.0 Å². The minimum Gasteiger partial charge on any atom is -0.318 e. The lowest BCUT2D eigenvalue weighted by atomic mass is 9.98. The van der Waals surface area contributed by atoms with Gasteiger partial charge in [-0.1, -0.05) is 41.9 Å². The molecule has 174 valence electrons. The molecule has 0 radical (unpaired) electrons. The maximum absolute atomic E-state index is 13.3. The molecule has 2 heterocycles. The van der Waals surface area contributed by atoms with E-state index in [9.17, 15) is 14.4 Å². The number of nitrogens with zero attached hydrogens (tertiary/aromatic N) is 2. The first kappa shape index (κ1) is 23.7. The van der Waals surface area contributed by atoms with Crippen LogP contribution in [0.1, 0.15) is 48.7 Å². The number of benzene rings is 2. The smallest absolute Gasteiger partial charge is 0.318 e. The average Bonchev–Trinajstić information content (AvgIpc) is 3.09. The lowest BCUT2D eigenvalue weighted by Crippen LogP contribution is -2.54. The molecule has 3 aromatic rings. The summed E-state index contributed by atoms with van der Waals surface area (Å²) in [6, 6.07) is 16.4. The quantitative estimate of drug-likeness (QED) is 0.330. The minimum absolute atomic E-state index is 0.0818. The lowest BCUT2D eigenvalue weighted by molar-refractivity contribution is -0.122. The zero-order valence-corrected chi connectivity index (χ0v) is 21.1. The number of carbonyl (C=O) groups excluding carboxylic acids is 3. The Balaban J connectivity index is 1.70. The second-order valence-electron chi connectivity index (χ2n) is 8.50. The van der Waals surface area contributed by atoms with Crippen molar-refractivity contribution in [2.24, 2.45) is 0 Å². The Kier molecular flexibility index (Phi) is 6.57. The maximum atomic E-state index is 13.3. The number of rotatable bonds is 5. The third kappa shape index (κ3) is 4.35. The van der Waals surface area contributed by atoms with Crippen molar-refractivity contribution < 1.29 is 14.4 Å². The van der Waals surface area contributed by atoms with Gasteiger partial charge in [-0.25, -0.2) is 9.69 Å². The Morgan fingerprint density at radius 3 is 2.21 bits per heavy atom. The van der Waals surface area contributed by atoms with Crippen molar-refractivity contribution in [1.29, 1.82) is 0 Å². The van der Waals surface area contributed by atoms with Crippen LogP contribution in [0.2, 0.25) is 0 Å². The molecule has 0 unspecified atom stereocenters. The van der Waals surface area contributed by atoms with E-state index in [0.29, 0.717) is 11.6 Å². The van der Waals surface area contributed by atoms with Crippen LogP contribution in [0.4, 0.5) is 10.5 Å². The van der Waals surface area contributed by atoms with Crippen LogP contribution in [0.5, 0.6) is 0 Å². The van der Waals surface area contributed by atoms with Crippen LogP contribution < -0.4 is 10.2 Å². The number of aryl methyl sites for hydroxylation is 1. The minimum atomic E-state index is -0.747. The van der Waals surface area contributed by atoms with Crippen LogP contribution in [-0.2, 0) is 9.59 Å². The number of urea groups is 1. The van der Waals surface area contributed by atoms with Crippen LogP contribution in [-0.4, -0.2) is 22.4 Å². The normalized spacial score (nSPS) is 16.2. The molecule has 1 atom stereocenters. The molecule has 7 heteroatoms. The SMILES string of the molecule is CC[C@@H](C)c1ccc(N2C(=O)NC(=O)/C(=C/c3cc(C)n(-c4ccc(Br)cc4)c3C)C2=O)cc1. The van der Waals surface area contributed by atoms with Crippen molar-refractivity contribution in [3.8, 4) is 5.69 Å². The first-order valence-corrected chi connectivity index (χ1v) is 12.0. The molecule has 4 rings (SSSR count). The number of anilines is 1. The first-order valence-electron chi connectivity index (χ1n) is 11.2. The summed E-state index contributed by atoms with van der Waals surface area (Å²) in [6.45, 7) is 8.13. The predicted octanol–water partition coefficient (Wildman–Crippen LogP) is 6.04. The molecule has 1 aliphatic rings. The highest BCUT2D eigenvalue weighted by Gasteiger charge is 2.37. The van der Waals surface area contributed by atoms with Crippen molar-refractivity contribution in [2.75, 3.05) is 4.90 Å². The number of imide groups is 2. The molecule has 0 aliphatic carbocycles. The molecular weight excluding hydrogens is 494 g/mol. The zero-order chi connectivity index (χ0) is 24.6. The van der Waals surface area contributed by atoms with Gasteiger partial charge in [0.05, 0.1) is 5.69 Å². The Bertz CT molecular complexity index is 1300. The highest BCUT2D eigenvalue weighted by Crippen LogP contribution is 2.28. The Morgan fingerprint density at radius 2 is 1.59 bits per heavy atom. The van der Waals surface area contributed by atoms with Crippen molar-refractivity contribution in [3.05, 3.63) is 87.2 Å². The summed E-state index contributed by atoms with van der Waals surface area (Å²) in [7, 11) is 0. The van der Waals surface area contributed by atoms with Crippen molar-refractivity contribution >= 4 is 45.5 Å². The monoisotopic (exact) mass is 519 g/mol. The number of halogens is 1. The zero-order valence-electron chi connectivity index (χ0n) is 19.6. The van der Waals surface area contributed by atoms with E-state index >= 15 is 0 Å². The van der Waals surface area contributed by atoms with E-state index in [1.807, 2.05) is 56.3 Å². The lowest BCUT2D eigenvalue weighted by Gasteiger charge is -2.26. The van der Waals surface area contributed by atoms with Crippen LogP contribution in [0.3, 0.4) is 0 Å². The largest absolute Gasteiger partial charge is 0.335 e. The summed E-state index contributed by atoms with van der Waals surface area (Å²) >= 11 is 3.45. The summed E-state index contributed by atoms with van der Waals surface area (Å²) in [6.07, 6.45) is 2.55. The number of carbonyl (C=O) groups is 3. The van der Waals surface area contributed by atoms with Crippen molar-refractivity contribution in [2.45, 2.75) is 40.0 Å². The van der Waals surface area contributed by atoms with Crippen molar-refractivity contribution in [3.63, 3.8) is 0 Å². The molecule has 1 N–H and O–H groups in total. The predicted molar refractivity (Wildman–Crippen MR) is 137 cm³/mol. The summed E-state index contributed by atoms with van der Waals surface area (Å²) < 4.78 is 3.04. The van der Waals surface area contributed by atoms with E-state index in [1.165, 1.54) is 0 Å². The summed E-state index contributed by atoms with van der Waals surface area (Å²) in [5.74, 6) is -0.965. The van der Waals surface area contributed by atoms with Gasteiger partial charge in [0, 0.05) is 21.5 Å². The molecule has 1 aromatic heterocycles. The molecule has 6 nitrogen and oxygen atoms in total. The van der Waals surface area contributed by atoms with E-state index in [-0.39, 0.29) is 5.57 Å². The van der Waals surface area contributed by atoms with E-state index in [4.69, 9.17) is 0 Å². The molecule has 1 aliphatic heterocycles. The number of aromatic nitrogens is 1. The summed E-state index contributed by atoms with van der Waals surface area (Å²) in [5, 5.41) is 2.30. The number of hydrogen-bond donors (Lipinski definition) is 1. The number of nitrogens with one attached hydrogen (secondary N) is 1.